The molecule has 1 heterocycles. The largest absolute Gasteiger partial charge is 0.367 e. The van der Waals surface area contributed by atoms with Crippen LogP contribution in [-0.4, -0.2) is 17.9 Å². The van der Waals surface area contributed by atoms with Gasteiger partial charge in [0.25, 0.3) is 0 Å². The van der Waals surface area contributed by atoms with E-state index in [-0.39, 0.29) is 11.6 Å². The maximum Gasteiger partial charge on any atom is 0.189 e. The number of fused-ring (bicyclic) bond motifs is 1. The standard InChI is InChI=1S/C15H17FN2O/c16-11-5-3-4-10(8-11)14(19)9-15-17-12-6-1-2-7-13(12)18-15/h3-5,8-9,12-13,17-18H,1-2,6-7H2. The smallest absolute Gasteiger partial charge is 0.189 e. The zero-order valence-corrected chi connectivity index (χ0v) is 10.7. The van der Waals surface area contributed by atoms with Crippen LogP contribution in [0.15, 0.2) is 36.2 Å². The van der Waals surface area contributed by atoms with E-state index in [2.05, 4.69) is 10.6 Å². The Labute approximate surface area is 111 Å². The van der Waals surface area contributed by atoms with Crippen molar-refractivity contribution in [3.63, 3.8) is 0 Å². The van der Waals surface area contributed by atoms with Crippen LogP contribution < -0.4 is 10.6 Å². The fourth-order valence-corrected chi connectivity index (χ4v) is 2.86. The Kier molecular flexibility index (Phi) is 3.23. The van der Waals surface area contributed by atoms with Crippen LogP contribution in [-0.2, 0) is 0 Å². The first kappa shape index (κ1) is 12.2. The average molecular weight is 260 g/mol. The SMILES string of the molecule is O=C(C=C1NC2CCCCC2N1)c1cccc(F)c1. The van der Waals surface area contributed by atoms with Gasteiger partial charge < -0.3 is 10.6 Å². The summed E-state index contributed by atoms with van der Waals surface area (Å²) in [6.45, 7) is 0. The van der Waals surface area contributed by atoms with Crippen LogP contribution in [0, 0.1) is 5.82 Å². The molecule has 100 valence electrons. The van der Waals surface area contributed by atoms with E-state index in [9.17, 15) is 9.18 Å². The number of allylic oxidation sites excluding steroid dienone is 1. The van der Waals surface area contributed by atoms with Gasteiger partial charge in [0.15, 0.2) is 5.78 Å². The monoisotopic (exact) mass is 260 g/mol. The van der Waals surface area contributed by atoms with E-state index < -0.39 is 0 Å². The van der Waals surface area contributed by atoms with Gasteiger partial charge in [-0.25, -0.2) is 4.39 Å². The van der Waals surface area contributed by atoms with E-state index in [1.54, 1.807) is 12.1 Å². The van der Waals surface area contributed by atoms with Gasteiger partial charge in [0, 0.05) is 23.7 Å². The van der Waals surface area contributed by atoms with Gasteiger partial charge >= 0.3 is 0 Å². The molecule has 2 unspecified atom stereocenters. The molecule has 1 aromatic carbocycles. The van der Waals surface area contributed by atoms with Gasteiger partial charge in [0.2, 0.25) is 0 Å². The normalized spacial score (nSPS) is 25.2. The summed E-state index contributed by atoms with van der Waals surface area (Å²) in [7, 11) is 0. The lowest BCUT2D eigenvalue weighted by atomic mass is 9.92. The van der Waals surface area contributed by atoms with Crippen LogP contribution in [0.2, 0.25) is 0 Å². The molecule has 4 heteroatoms. The van der Waals surface area contributed by atoms with Gasteiger partial charge in [-0.3, -0.25) is 4.79 Å². The van der Waals surface area contributed by atoms with Crippen LogP contribution in [0.4, 0.5) is 4.39 Å². The fraction of sp³-hybridized carbons (Fsp3) is 0.400. The Morgan fingerprint density at radius 2 is 1.89 bits per heavy atom. The molecule has 19 heavy (non-hydrogen) atoms. The summed E-state index contributed by atoms with van der Waals surface area (Å²) in [5.41, 5.74) is 0.381. The van der Waals surface area contributed by atoms with E-state index in [0.717, 1.165) is 18.7 Å². The van der Waals surface area contributed by atoms with Crippen molar-refractivity contribution in [1.29, 1.82) is 0 Å². The Balaban J connectivity index is 1.74. The third-order valence-corrected chi connectivity index (χ3v) is 3.83. The third-order valence-electron chi connectivity index (χ3n) is 3.83. The summed E-state index contributed by atoms with van der Waals surface area (Å²) in [6, 6.07) is 6.65. The zero-order chi connectivity index (χ0) is 13.2. The second kappa shape index (κ2) is 5.03. The minimum absolute atomic E-state index is 0.173. The first-order chi connectivity index (χ1) is 9.22. The van der Waals surface area contributed by atoms with Gasteiger partial charge in [-0.2, -0.15) is 0 Å². The summed E-state index contributed by atoms with van der Waals surface area (Å²) in [6.07, 6.45) is 6.29. The first-order valence-electron chi connectivity index (χ1n) is 6.77. The third kappa shape index (κ3) is 2.62. The van der Waals surface area contributed by atoms with E-state index in [1.807, 2.05) is 0 Å². The minimum atomic E-state index is -0.384. The summed E-state index contributed by atoms with van der Waals surface area (Å²) >= 11 is 0. The highest BCUT2D eigenvalue weighted by atomic mass is 19.1. The second-order valence-corrected chi connectivity index (χ2v) is 5.22. The molecule has 0 radical (unpaired) electrons. The van der Waals surface area contributed by atoms with Gasteiger partial charge in [-0.15, -0.1) is 0 Å². The Hall–Kier alpha value is -1.84. The number of hydrogen-bond acceptors (Lipinski definition) is 3. The Morgan fingerprint density at radius 1 is 1.21 bits per heavy atom. The molecular formula is C15H17FN2O. The lowest BCUT2D eigenvalue weighted by Crippen LogP contribution is -2.36. The van der Waals surface area contributed by atoms with Gasteiger partial charge in [0.05, 0.1) is 0 Å². The molecule has 2 atom stereocenters. The van der Waals surface area contributed by atoms with E-state index in [1.165, 1.54) is 31.1 Å². The maximum atomic E-state index is 13.1. The van der Waals surface area contributed by atoms with Crippen molar-refractivity contribution in [3.05, 3.63) is 47.5 Å². The molecule has 1 aliphatic heterocycles. The molecule has 3 nitrogen and oxygen atoms in total. The molecule has 0 bridgehead atoms. The van der Waals surface area contributed by atoms with Crippen molar-refractivity contribution in [2.45, 2.75) is 37.8 Å². The number of carbonyl (C=O) groups is 1. The molecule has 1 aliphatic carbocycles. The van der Waals surface area contributed by atoms with Crippen LogP contribution in [0.1, 0.15) is 36.0 Å². The van der Waals surface area contributed by atoms with Crippen molar-refractivity contribution in [2.75, 3.05) is 0 Å². The van der Waals surface area contributed by atoms with Gasteiger partial charge in [-0.05, 0) is 25.0 Å². The molecule has 2 aliphatic rings. The van der Waals surface area contributed by atoms with Crippen LogP contribution in [0.25, 0.3) is 0 Å². The molecule has 1 saturated carbocycles. The van der Waals surface area contributed by atoms with E-state index >= 15 is 0 Å². The lowest BCUT2D eigenvalue weighted by molar-refractivity contribution is 0.104. The molecule has 0 amide bonds. The highest BCUT2D eigenvalue weighted by Crippen LogP contribution is 2.23. The molecule has 3 rings (SSSR count). The summed E-state index contributed by atoms with van der Waals surface area (Å²) < 4.78 is 13.1. The maximum absolute atomic E-state index is 13.1. The van der Waals surface area contributed by atoms with E-state index in [0.29, 0.717) is 17.6 Å². The second-order valence-electron chi connectivity index (χ2n) is 5.22. The predicted molar refractivity (Wildman–Crippen MR) is 71.1 cm³/mol. The molecule has 2 N–H and O–H groups in total. The Bertz CT molecular complexity index is 511. The number of rotatable bonds is 2. The lowest BCUT2D eigenvalue weighted by Gasteiger charge is -2.23. The van der Waals surface area contributed by atoms with Crippen molar-refractivity contribution in [3.8, 4) is 0 Å². The number of carbonyl (C=O) groups excluding carboxylic acids is 1. The first-order valence-corrected chi connectivity index (χ1v) is 6.77. The predicted octanol–water partition coefficient (Wildman–Crippen LogP) is 2.35. The highest BCUT2D eigenvalue weighted by Gasteiger charge is 2.31. The molecule has 1 aromatic rings. The number of halogens is 1. The van der Waals surface area contributed by atoms with Crippen LogP contribution in [0.3, 0.4) is 0 Å². The number of benzene rings is 1. The van der Waals surface area contributed by atoms with Gasteiger partial charge in [0.1, 0.15) is 11.6 Å². The molecule has 2 fully saturated rings. The average Bonchev–Trinajstić information content (AvgIpc) is 2.80. The molecule has 1 saturated heterocycles. The van der Waals surface area contributed by atoms with Crippen molar-refractivity contribution in [2.24, 2.45) is 0 Å². The minimum Gasteiger partial charge on any atom is -0.367 e. The quantitative estimate of drug-likeness (QED) is 0.633. The van der Waals surface area contributed by atoms with Crippen molar-refractivity contribution >= 4 is 5.78 Å². The molecule has 0 aromatic heterocycles. The zero-order valence-electron chi connectivity index (χ0n) is 10.7. The molecule has 0 spiro atoms. The Morgan fingerprint density at radius 3 is 2.53 bits per heavy atom. The number of nitrogens with one attached hydrogen (secondary N) is 2. The summed E-state index contributed by atoms with van der Waals surface area (Å²) in [4.78, 5) is 12.0. The number of hydrogen-bond donors (Lipinski definition) is 2. The van der Waals surface area contributed by atoms with Crippen molar-refractivity contribution in [1.82, 2.24) is 10.6 Å². The van der Waals surface area contributed by atoms with Crippen LogP contribution >= 0.6 is 0 Å². The van der Waals surface area contributed by atoms with E-state index in [4.69, 9.17) is 0 Å². The highest BCUT2D eigenvalue weighted by molar-refractivity contribution is 6.04. The number of ketones is 1. The van der Waals surface area contributed by atoms with Crippen LogP contribution in [0.5, 0.6) is 0 Å². The fourth-order valence-electron chi connectivity index (χ4n) is 2.86. The topological polar surface area (TPSA) is 41.1 Å². The van der Waals surface area contributed by atoms with Crippen molar-refractivity contribution < 1.29 is 9.18 Å². The van der Waals surface area contributed by atoms with Gasteiger partial charge in [-0.1, -0.05) is 25.0 Å². The summed E-state index contributed by atoms with van der Waals surface area (Å²) in [5.74, 6) is 0.213. The summed E-state index contributed by atoms with van der Waals surface area (Å²) in [5, 5.41) is 6.69. The molecular weight excluding hydrogens is 243 g/mol.